The summed E-state index contributed by atoms with van der Waals surface area (Å²) < 4.78 is 2.10. The lowest BCUT2D eigenvalue weighted by molar-refractivity contribution is 0.713. The first kappa shape index (κ1) is 11.8. The van der Waals surface area contributed by atoms with Crippen molar-refractivity contribution in [3.05, 3.63) is 18.2 Å². The van der Waals surface area contributed by atoms with E-state index < -0.39 is 0 Å². The molecule has 0 spiro atoms. The SMILES string of the molecule is CCCC(N)C#CCc1nccn1CC. The molecule has 3 nitrogen and oxygen atoms in total. The normalized spacial score (nSPS) is 11.9. The first-order chi connectivity index (χ1) is 7.27. The number of aryl methyl sites for hydroxylation is 1. The van der Waals surface area contributed by atoms with Crippen molar-refractivity contribution in [3.63, 3.8) is 0 Å². The predicted molar refractivity (Wildman–Crippen MR) is 62.3 cm³/mol. The Morgan fingerprint density at radius 2 is 2.33 bits per heavy atom. The second kappa shape index (κ2) is 6.26. The zero-order valence-electron chi connectivity index (χ0n) is 9.53. The quantitative estimate of drug-likeness (QED) is 0.758. The van der Waals surface area contributed by atoms with Gasteiger partial charge in [0.1, 0.15) is 5.82 Å². The Morgan fingerprint density at radius 3 is 3.00 bits per heavy atom. The lowest BCUT2D eigenvalue weighted by atomic mass is 10.2. The van der Waals surface area contributed by atoms with Crippen LogP contribution >= 0.6 is 0 Å². The summed E-state index contributed by atoms with van der Waals surface area (Å²) in [7, 11) is 0. The van der Waals surface area contributed by atoms with Gasteiger partial charge >= 0.3 is 0 Å². The molecular weight excluding hydrogens is 186 g/mol. The molecule has 1 aromatic heterocycles. The van der Waals surface area contributed by atoms with Gasteiger partial charge in [0.2, 0.25) is 0 Å². The van der Waals surface area contributed by atoms with Crippen molar-refractivity contribution >= 4 is 0 Å². The second-order valence-corrected chi connectivity index (χ2v) is 3.52. The molecule has 0 radical (unpaired) electrons. The summed E-state index contributed by atoms with van der Waals surface area (Å²) in [4.78, 5) is 4.25. The summed E-state index contributed by atoms with van der Waals surface area (Å²) in [5.74, 6) is 7.16. The van der Waals surface area contributed by atoms with Crippen molar-refractivity contribution in [3.8, 4) is 11.8 Å². The maximum atomic E-state index is 5.79. The van der Waals surface area contributed by atoms with E-state index in [0.29, 0.717) is 6.42 Å². The molecule has 0 aliphatic rings. The molecule has 0 saturated heterocycles. The van der Waals surface area contributed by atoms with E-state index in [1.165, 1.54) is 0 Å². The molecule has 0 aliphatic heterocycles. The molecular formula is C12H19N3. The lowest BCUT2D eigenvalue weighted by Gasteiger charge is -2.01. The van der Waals surface area contributed by atoms with Crippen LogP contribution in [0.5, 0.6) is 0 Å². The third-order valence-electron chi connectivity index (χ3n) is 2.28. The molecule has 1 atom stereocenters. The van der Waals surface area contributed by atoms with Gasteiger partial charge in [-0.2, -0.15) is 0 Å². The third kappa shape index (κ3) is 3.77. The van der Waals surface area contributed by atoms with Gasteiger partial charge in [-0.1, -0.05) is 25.2 Å². The van der Waals surface area contributed by atoms with Crippen LogP contribution < -0.4 is 5.73 Å². The monoisotopic (exact) mass is 205 g/mol. The highest BCUT2D eigenvalue weighted by Gasteiger charge is 1.98. The van der Waals surface area contributed by atoms with Gasteiger partial charge in [0.25, 0.3) is 0 Å². The van der Waals surface area contributed by atoms with Gasteiger partial charge in [0, 0.05) is 18.9 Å². The van der Waals surface area contributed by atoms with Crippen LogP contribution in [0.3, 0.4) is 0 Å². The number of hydrogen-bond donors (Lipinski definition) is 1. The Labute approximate surface area is 91.7 Å². The Hall–Kier alpha value is -1.27. The average molecular weight is 205 g/mol. The van der Waals surface area contributed by atoms with E-state index in [-0.39, 0.29) is 6.04 Å². The van der Waals surface area contributed by atoms with Crippen molar-refractivity contribution in [2.75, 3.05) is 0 Å². The largest absolute Gasteiger partial charge is 0.334 e. The van der Waals surface area contributed by atoms with Crippen LogP contribution in [0, 0.1) is 11.8 Å². The molecule has 0 aromatic carbocycles. The van der Waals surface area contributed by atoms with Crippen LogP contribution in [0.4, 0.5) is 0 Å². The number of nitrogens with zero attached hydrogens (tertiary/aromatic N) is 2. The Morgan fingerprint density at radius 1 is 1.53 bits per heavy atom. The fourth-order valence-corrected chi connectivity index (χ4v) is 1.44. The van der Waals surface area contributed by atoms with Crippen LogP contribution in [0.1, 0.15) is 32.5 Å². The molecule has 1 heterocycles. The molecule has 3 heteroatoms. The number of nitrogens with two attached hydrogens (primary N) is 1. The minimum atomic E-state index is 0.0139. The molecule has 15 heavy (non-hydrogen) atoms. The predicted octanol–water partition coefficient (Wildman–Crippen LogP) is 1.58. The highest BCUT2D eigenvalue weighted by Crippen LogP contribution is 1.98. The van der Waals surface area contributed by atoms with Crippen LogP contribution in [0.15, 0.2) is 12.4 Å². The Bertz CT molecular complexity index is 343. The first-order valence-electron chi connectivity index (χ1n) is 5.51. The van der Waals surface area contributed by atoms with Gasteiger partial charge in [-0.05, 0) is 13.3 Å². The second-order valence-electron chi connectivity index (χ2n) is 3.52. The van der Waals surface area contributed by atoms with Crippen LogP contribution in [-0.4, -0.2) is 15.6 Å². The summed E-state index contributed by atoms with van der Waals surface area (Å²) in [6, 6.07) is 0.0139. The van der Waals surface area contributed by atoms with E-state index >= 15 is 0 Å². The zero-order chi connectivity index (χ0) is 11.1. The maximum Gasteiger partial charge on any atom is 0.120 e. The van der Waals surface area contributed by atoms with E-state index in [1.54, 1.807) is 0 Å². The van der Waals surface area contributed by atoms with Crippen molar-refractivity contribution < 1.29 is 0 Å². The van der Waals surface area contributed by atoms with E-state index in [9.17, 15) is 0 Å². The average Bonchev–Trinajstić information content (AvgIpc) is 2.66. The molecule has 2 N–H and O–H groups in total. The van der Waals surface area contributed by atoms with Gasteiger partial charge in [0.05, 0.1) is 12.5 Å². The van der Waals surface area contributed by atoms with Crippen molar-refractivity contribution in [1.29, 1.82) is 0 Å². The Balaban J connectivity index is 2.49. The standard InChI is InChI=1S/C12H19N3/c1-3-6-11(13)7-5-8-12-14-9-10-15(12)4-2/h9-11H,3-4,6,8,13H2,1-2H3. The molecule has 1 aromatic rings. The molecule has 1 unspecified atom stereocenters. The summed E-state index contributed by atoms with van der Waals surface area (Å²) in [6.07, 6.45) is 6.53. The molecule has 0 saturated carbocycles. The Kier molecular flexibility index (Phi) is 4.92. The van der Waals surface area contributed by atoms with E-state index in [1.807, 2.05) is 12.4 Å². The molecule has 1 rings (SSSR count). The summed E-state index contributed by atoms with van der Waals surface area (Å²) in [5.41, 5.74) is 5.79. The van der Waals surface area contributed by atoms with Crippen LogP contribution in [0.25, 0.3) is 0 Å². The van der Waals surface area contributed by atoms with Gasteiger partial charge in [-0.25, -0.2) is 4.98 Å². The number of aromatic nitrogens is 2. The minimum absolute atomic E-state index is 0.0139. The number of imidazole rings is 1. The van der Waals surface area contributed by atoms with Crippen LogP contribution in [-0.2, 0) is 13.0 Å². The summed E-state index contributed by atoms with van der Waals surface area (Å²) >= 11 is 0. The number of hydrogen-bond acceptors (Lipinski definition) is 2. The van der Waals surface area contributed by atoms with Crippen molar-refractivity contribution in [2.45, 2.75) is 45.7 Å². The van der Waals surface area contributed by atoms with Gasteiger partial charge < -0.3 is 10.3 Å². The topological polar surface area (TPSA) is 43.8 Å². The fraction of sp³-hybridized carbons (Fsp3) is 0.583. The van der Waals surface area contributed by atoms with Crippen molar-refractivity contribution in [2.24, 2.45) is 5.73 Å². The first-order valence-corrected chi connectivity index (χ1v) is 5.51. The number of rotatable bonds is 4. The van der Waals surface area contributed by atoms with E-state index in [2.05, 4.69) is 35.2 Å². The summed E-state index contributed by atoms with van der Waals surface area (Å²) in [6.45, 7) is 5.16. The zero-order valence-corrected chi connectivity index (χ0v) is 9.53. The van der Waals surface area contributed by atoms with Crippen LogP contribution in [0.2, 0.25) is 0 Å². The van der Waals surface area contributed by atoms with Gasteiger partial charge in [-0.3, -0.25) is 0 Å². The molecule has 0 aliphatic carbocycles. The minimum Gasteiger partial charge on any atom is -0.334 e. The third-order valence-corrected chi connectivity index (χ3v) is 2.28. The molecule has 0 bridgehead atoms. The van der Waals surface area contributed by atoms with Crippen molar-refractivity contribution in [1.82, 2.24) is 9.55 Å². The van der Waals surface area contributed by atoms with Gasteiger partial charge in [0.15, 0.2) is 0 Å². The highest BCUT2D eigenvalue weighted by atomic mass is 15.0. The smallest absolute Gasteiger partial charge is 0.120 e. The van der Waals surface area contributed by atoms with E-state index in [0.717, 1.165) is 25.2 Å². The highest BCUT2D eigenvalue weighted by molar-refractivity contribution is 5.12. The molecule has 0 amide bonds. The fourth-order valence-electron chi connectivity index (χ4n) is 1.44. The lowest BCUT2D eigenvalue weighted by Crippen LogP contribution is -2.16. The maximum absolute atomic E-state index is 5.79. The molecule has 82 valence electrons. The summed E-state index contributed by atoms with van der Waals surface area (Å²) in [5, 5.41) is 0. The van der Waals surface area contributed by atoms with Gasteiger partial charge in [-0.15, -0.1) is 0 Å². The van der Waals surface area contributed by atoms with E-state index in [4.69, 9.17) is 5.73 Å². The molecule has 0 fully saturated rings.